The van der Waals surface area contributed by atoms with Crippen LogP contribution >= 0.6 is 11.6 Å². The summed E-state index contributed by atoms with van der Waals surface area (Å²) in [5, 5.41) is 6.54. The molecule has 0 spiro atoms. The fraction of sp³-hybridized carbons (Fsp3) is 0.143. The van der Waals surface area contributed by atoms with E-state index in [0.717, 1.165) is 18.7 Å². The van der Waals surface area contributed by atoms with Crippen molar-refractivity contribution < 1.29 is 4.79 Å². The molecule has 3 rings (SSSR count). The molecule has 2 heterocycles. The number of nitrogens with zero attached hydrogens (tertiary/aromatic N) is 1. The van der Waals surface area contributed by atoms with E-state index in [2.05, 4.69) is 15.6 Å². The monoisotopic (exact) mass is 273 g/mol. The molecule has 1 aromatic carbocycles. The van der Waals surface area contributed by atoms with E-state index in [9.17, 15) is 4.79 Å². The van der Waals surface area contributed by atoms with Gasteiger partial charge in [0.15, 0.2) is 0 Å². The van der Waals surface area contributed by atoms with Crippen LogP contribution in [-0.2, 0) is 6.42 Å². The summed E-state index contributed by atoms with van der Waals surface area (Å²) in [5.41, 5.74) is 2.91. The van der Waals surface area contributed by atoms with Gasteiger partial charge in [0.1, 0.15) is 5.82 Å². The minimum absolute atomic E-state index is 0.175. The van der Waals surface area contributed by atoms with Gasteiger partial charge in [-0.15, -0.1) is 0 Å². The first kappa shape index (κ1) is 12.0. The molecule has 1 amide bonds. The Balaban J connectivity index is 1.78. The molecule has 1 aromatic heterocycles. The average molecular weight is 274 g/mol. The first-order valence-electron chi connectivity index (χ1n) is 6.02. The molecule has 0 aliphatic carbocycles. The minimum atomic E-state index is -0.175. The number of carbonyl (C=O) groups is 1. The van der Waals surface area contributed by atoms with Gasteiger partial charge in [0.05, 0.1) is 5.02 Å². The van der Waals surface area contributed by atoms with E-state index in [0.29, 0.717) is 16.4 Å². The Morgan fingerprint density at radius 1 is 1.32 bits per heavy atom. The zero-order chi connectivity index (χ0) is 13.2. The zero-order valence-corrected chi connectivity index (χ0v) is 10.9. The number of carbonyl (C=O) groups excluding carboxylic acids is 1. The number of hydrogen-bond acceptors (Lipinski definition) is 3. The smallest absolute Gasteiger partial charge is 0.256 e. The third kappa shape index (κ3) is 2.53. The molecule has 5 heteroatoms. The van der Waals surface area contributed by atoms with Gasteiger partial charge in [-0.25, -0.2) is 4.98 Å². The highest BCUT2D eigenvalue weighted by molar-refractivity contribution is 6.30. The van der Waals surface area contributed by atoms with Gasteiger partial charge in [0.2, 0.25) is 0 Å². The third-order valence-electron chi connectivity index (χ3n) is 3.05. The van der Waals surface area contributed by atoms with Gasteiger partial charge in [-0.2, -0.15) is 0 Å². The molecule has 4 nitrogen and oxygen atoms in total. The van der Waals surface area contributed by atoms with Crippen molar-refractivity contribution in [3.63, 3.8) is 0 Å². The van der Waals surface area contributed by atoms with Crippen LogP contribution in [0.3, 0.4) is 0 Å². The summed E-state index contributed by atoms with van der Waals surface area (Å²) in [4.78, 5) is 16.1. The number of pyridine rings is 1. The quantitative estimate of drug-likeness (QED) is 0.884. The molecule has 0 unspecified atom stereocenters. The molecule has 0 radical (unpaired) electrons. The Morgan fingerprint density at radius 2 is 2.21 bits per heavy atom. The second kappa shape index (κ2) is 4.90. The number of hydrogen-bond donors (Lipinski definition) is 2. The lowest BCUT2D eigenvalue weighted by Gasteiger charge is -2.06. The predicted octanol–water partition coefficient (Wildman–Crippen LogP) is 2.96. The first-order chi connectivity index (χ1) is 9.22. The molecule has 0 bridgehead atoms. The van der Waals surface area contributed by atoms with Crippen molar-refractivity contribution in [3.05, 3.63) is 52.7 Å². The normalized spacial score (nSPS) is 12.7. The van der Waals surface area contributed by atoms with E-state index in [1.54, 1.807) is 12.1 Å². The number of halogens is 1. The summed E-state index contributed by atoms with van der Waals surface area (Å²) in [7, 11) is 0. The Labute approximate surface area is 115 Å². The summed E-state index contributed by atoms with van der Waals surface area (Å²) in [5.74, 6) is 0.314. The molecule has 96 valence electrons. The lowest BCUT2D eigenvalue weighted by molar-refractivity contribution is 0.102. The number of benzene rings is 1. The zero-order valence-electron chi connectivity index (χ0n) is 10.1. The fourth-order valence-corrected chi connectivity index (χ4v) is 2.18. The second-order valence-corrected chi connectivity index (χ2v) is 4.80. The summed E-state index contributed by atoms with van der Waals surface area (Å²) < 4.78 is 0. The summed E-state index contributed by atoms with van der Waals surface area (Å²) in [6.07, 6.45) is 2.51. The number of amides is 1. The third-order valence-corrected chi connectivity index (χ3v) is 3.27. The van der Waals surface area contributed by atoms with Crippen LogP contribution in [-0.4, -0.2) is 17.4 Å². The van der Waals surface area contributed by atoms with E-state index >= 15 is 0 Å². The van der Waals surface area contributed by atoms with Crippen LogP contribution in [0.2, 0.25) is 5.02 Å². The van der Waals surface area contributed by atoms with Crippen LogP contribution in [0.1, 0.15) is 15.9 Å². The summed E-state index contributed by atoms with van der Waals surface area (Å²) in [6.45, 7) is 0.930. The van der Waals surface area contributed by atoms with Crippen LogP contribution in [0.25, 0.3) is 0 Å². The SMILES string of the molecule is O=C(Nc1ccc(Cl)cn1)c1ccc2c(c1)NCC2. The maximum atomic E-state index is 12.1. The molecular formula is C14H12ClN3O. The number of aromatic nitrogens is 1. The number of anilines is 2. The van der Waals surface area contributed by atoms with Gasteiger partial charge in [0.25, 0.3) is 5.91 Å². The highest BCUT2D eigenvalue weighted by Gasteiger charge is 2.13. The highest BCUT2D eigenvalue weighted by atomic mass is 35.5. The fourth-order valence-electron chi connectivity index (χ4n) is 2.07. The van der Waals surface area contributed by atoms with Crippen LogP contribution < -0.4 is 10.6 Å². The standard InChI is InChI=1S/C14H12ClN3O/c15-11-3-4-13(17-8-11)18-14(19)10-2-1-9-5-6-16-12(9)7-10/h1-4,7-8,16H,5-6H2,(H,17,18,19). The number of fused-ring (bicyclic) bond motifs is 1. The molecule has 0 fully saturated rings. The van der Waals surface area contributed by atoms with E-state index in [1.165, 1.54) is 11.8 Å². The lowest BCUT2D eigenvalue weighted by Crippen LogP contribution is -2.13. The van der Waals surface area contributed by atoms with Gasteiger partial charge in [-0.3, -0.25) is 4.79 Å². The Bertz CT molecular complexity index is 625. The summed E-state index contributed by atoms with van der Waals surface area (Å²) in [6, 6.07) is 9.05. The topological polar surface area (TPSA) is 54.0 Å². The molecule has 0 atom stereocenters. The Morgan fingerprint density at radius 3 is 3.00 bits per heavy atom. The van der Waals surface area contributed by atoms with Crippen LogP contribution in [0, 0.1) is 0 Å². The van der Waals surface area contributed by atoms with E-state index in [4.69, 9.17) is 11.6 Å². The van der Waals surface area contributed by atoms with E-state index in [1.807, 2.05) is 18.2 Å². The van der Waals surface area contributed by atoms with E-state index < -0.39 is 0 Å². The lowest BCUT2D eigenvalue weighted by atomic mass is 10.1. The van der Waals surface area contributed by atoms with Crippen LogP contribution in [0.4, 0.5) is 11.5 Å². The van der Waals surface area contributed by atoms with Gasteiger partial charge in [0, 0.05) is 24.0 Å². The van der Waals surface area contributed by atoms with Crippen molar-refractivity contribution in [2.45, 2.75) is 6.42 Å². The molecular weight excluding hydrogens is 262 g/mol. The molecule has 2 aromatic rings. The maximum absolute atomic E-state index is 12.1. The van der Waals surface area contributed by atoms with E-state index in [-0.39, 0.29) is 5.91 Å². The molecule has 1 aliphatic heterocycles. The van der Waals surface area contributed by atoms with Gasteiger partial charge in [-0.1, -0.05) is 17.7 Å². The van der Waals surface area contributed by atoms with Crippen LogP contribution in [0.5, 0.6) is 0 Å². The molecule has 2 N–H and O–H groups in total. The largest absolute Gasteiger partial charge is 0.384 e. The van der Waals surface area contributed by atoms with Crippen molar-refractivity contribution in [2.75, 3.05) is 17.2 Å². The molecule has 0 saturated heterocycles. The first-order valence-corrected chi connectivity index (χ1v) is 6.40. The average Bonchev–Trinajstić information content (AvgIpc) is 2.88. The highest BCUT2D eigenvalue weighted by Crippen LogP contribution is 2.23. The van der Waals surface area contributed by atoms with Crippen molar-refractivity contribution >= 4 is 29.0 Å². The predicted molar refractivity (Wildman–Crippen MR) is 75.8 cm³/mol. The van der Waals surface area contributed by atoms with Gasteiger partial charge in [-0.05, 0) is 36.2 Å². The van der Waals surface area contributed by atoms with Crippen molar-refractivity contribution in [2.24, 2.45) is 0 Å². The second-order valence-electron chi connectivity index (χ2n) is 4.36. The Hall–Kier alpha value is -2.07. The number of rotatable bonds is 2. The molecule has 1 aliphatic rings. The van der Waals surface area contributed by atoms with Gasteiger partial charge < -0.3 is 10.6 Å². The molecule has 19 heavy (non-hydrogen) atoms. The Kier molecular flexibility index (Phi) is 3.09. The van der Waals surface area contributed by atoms with Gasteiger partial charge >= 0.3 is 0 Å². The minimum Gasteiger partial charge on any atom is -0.384 e. The maximum Gasteiger partial charge on any atom is 0.256 e. The van der Waals surface area contributed by atoms with Crippen LogP contribution in [0.15, 0.2) is 36.5 Å². The van der Waals surface area contributed by atoms with Crippen molar-refractivity contribution in [1.82, 2.24) is 4.98 Å². The molecule has 0 saturated carbocycles. The van der Waals surface area contributed by atoms with Crippen molar-refractivity contribution in [3.8, 4) is 0 Å². The number of nitrogens with one attached hydrogen (secondary N) is 2. The van der Waals surface area contributed by atoms with Crippen molar-refractivity contribution in [1.29, 1.82) is 0 Å². The summed E-state index contributed by atoms with van der Waals surface area (Å²) >= 11 is 5.75.